The van der Waals surface area contributed by atoms with Crippen molar-refractivity contribution in [1.29, 1.82) is 0 Å². The van der Waals surface area contributed by atoms with Crippen molar-refractivity contribution >= 4 is 66.7 Å². The van der Waals surface area contributed by atoms with E-state index in [1.165, 1.54) is 16.9 Å². The third-order valence-corrected chi connectivity index (χ3v) is 6.70. The molecule has 3 heterocycles. The van der Waals surface area contributed by atoms with Gasteiger partial charge in [0.2, 0.25) is 5.91 Å². The number of carbonyl (C=O) groups is 1. The molecular formula is C21H18Cl2N4OS. The lowest BCUT2D eigenvalue weighted by molar-refractivity contribution is -0.116. The number of fused-ring (bicyclic) bond motifs is 4. The Balaban J connectivity index is 1.52. The molecule has 8 heteroatoms. The fourth-order valence-corrected chi connectivity index (χ4v) is 5.51. The molecule has 0 aliphatic carbocycles. The molecular weight excluding hydrogens is 427 g/mol. The number of thiazole rings is 1. The monoisotopic (exact) mass is 444 g/mol. The van der Waals surface area contributed by atoms with E-state index in [1.54, 1.807) is 6.07 Å². The van der Waals surface area contributed by atoms with Gasteiger partial charge in [-0.05, 0) is 42.8 Å². The van der Waals surface area contributed by atoms with Crippen molar-refractivity contribution in [3.8, 4) is 0 Å². The van der Waals surface area contributed by atoms with Crippen molar-refractivity contribution in [2.45, 2.75) is 19.4 Å². The fraction of sp³-hybridized carbons (Fsp3) is 0.238. The minimum absolute atomic E-state index is 0.114. The maximum Gasteiger partial charge on any atom is 0.246 e. The van der Waals surface area contributed by atoms with E-state index in [0.717, 1.165) is 52.7 Å². The zero-order chi connectivity index (χ0) is 20.0. The normalized spacial score (nSPS) is 14.1. The van der Waals surface area contributed by atoms with Gasteiger partial charge in [0.1, 0.15) is 6.54 Å². The van der Waals surface area contributed by atoms with Crippen molar-refractivity contribution in [3.63, 3.8) is 0 Å². The molecule has 148 valence electrons. The summed E-state index contributed by atoms with van der Waals surface area (Å²) in [6.07, 6.45) is 1.71. The number of aromatic nitrogens is 2. The third kappa shape index (κ3) is 3.51. The molecule has 0 saturated carbocycles. The van der Waals surface area contributed by atoms with E-state index < -0.39 is 0 Å². The second kappa shape index (κ2) is 7.61. The van der Waals surface area contributed by atoms with Gasteiger partial charge in [-0.1, -0.05) is 46.7 Å². The van der Waals surface area contributed by atoms with Gasteiger partial charge >= 0.3 is 0 Å². The van der Waals surface area contributed by atoms with Crippen LogP contribution in [0.3, 0.4) is 0 Å². The number of hydrogen-bond donors (Lipinski definition) is 2. The Kier molecular flexibility index (Phi) is 4.95. The number of amides is 1. The number of halogens is 2. The Hall–Kier alpha value is -2.12. The average molecular weight is 445 g/mol. The highest BCUT2D eigenvalue weighted by Crippen LogP contribution is 2.36. The first-order valence-electron chi connectivity index (χ1n) is 9.45. The van der Waals surface area contributed by atoms with Crippen LogP contribution in [0.25, 0.3) is 21.1 Å². The van der Waals surface area contributed by atoms with Gasteiger partial charge in [-0.25, -0.2) is 4.98 Å². The lowest BCUT2D eigenvalue weighted by atomic mass is 10.1. The molecule has 2 aromatic carbocycles. The summed E-state index contributed by atoms with van der Waals surface area (Å²) in [5.41, 5.74) is 4.15. The van der Waals surface area contributed by atoms with Crippen LogP contribution in [0.2, 0.25) is 10.0 Å². The average Bonchev–Trinajstić information content (AvgIpc) is 3.10. The van der Waals surface area contributed by atoms with Gasteiger partial charge in [-0.2, -0.15) is 0 Å². The van der Waals surface area contributed by atoms with Crippen LogP contribution in [0.15, 0.2) is 36.4 Å². The molecule has 0 fully saturated rings. The maximum atomic E-state index is 12.9. The van der Waals surface area contributed by atoms with E-state index in [-0.39, 0.29) is 12.5 Å². The van der Waals surface area contributed by atoms with Crippen molar-refractivity contribution in [3.05, 3.63) is 57.7 Å². The Labute approximate surface area is 181 Å². The molecule has 1 aliphatic rings. The van der Waals surface area contributed by atoms with E-state index in [9.17, 15) is 4.79 Å². The van der Waals surface area contributed by atoms with Gasteiger partial charge in [0, 0.05) is 29.1 Å². The first-order chi connectivity index (χ1) is 14.1. The minimum atomic E-state index is -0.114. The molecule has 1 amide bonds. The number of para-hydroxylation sites is 1. The molecule has 1 aliphatic heterocycles. The molecule has 5 nitrogen and oxygen atoms in total. The van der Waals surface area contributed by atoms with Crippen LogP contribution >= 0.6 is 34.5 Å². The van der Waals surface area contributed by atoms with E-state index in [0.29, 0.717) is 15.2 Å². The maximum absolute atomic E-state index is 12.9. The topological polar surface area (TPSA) is 59.0 Å². The Morgan fingerprint density at radius 3 is 2.90 bits per heavy atom. The summed E-state index contributed by atoms with van der Waals surface area (Å²) in [5, 5.41) is 9.19. The highest BCUT2D eigenvalue weighted by atomic mass is 35.5. The number of anilines is 1. The van der Waals surface area contributed by atoms with Crippen LogP contribution in [0.5, 0.6) is 0 Å². The highest BCUT2D eigenvalue weighted by Gasteiger charge is 2.22. The predicted molar refractivity (Wildman–Crippen MR) is 120 cm³/mol. The molecule has 0 spiro atoms. The summed E-state index contributed by atoms with van der Waals surface area (Å²) >= 11 is 14.3. The molecule has 2 N–H and O–H groups in total. The summed E-state index contributed by atoms with van der Waals surface area (Å²) in [4.78, 5) is 17.4. The molecule has 2 aromatic heterocycles. The summed E-state index contributed by atoms with van der Waals surface area (Å²) < 4.78 is 3.10. The first kappa shape index (κ1) is 18.9. The molecule has 4 aromatic rings. The highest BCUT2D eigenvalue weighted by molar-refractivity contribution is 7.22. The van der Waals surface area contributed by atoms with Crippen LogP contribution in [0.1, 0.15) is 11.3 Å². The standard InChI is InChI=1S/C21H18Cl2N4OS/c22-12-9-14(23)20-13-5-7-24-8-6-16(13)27(17(20)10-12)11-19(28)26-21-25-15-3-1-2-4-18(15)29-21/h1-4,9-10,24H,5-8,11H2,(H,25,26,28). The van der Waals surface area contributed by atoms with Gasteiger partial charge in [0.15, 0.2) is 5.13 Å². The Bertz CT molecular complexity index is 1210. The molecule has 0 atom stereocenters. The second-order valence-corrected chi connectivity index (χ2v) is 8.95. The lowest BCUT2D eigenvalue weighted by Gasteiger charge is -2.11. The first-order valence-corrected chi connectivity index (χ1v) is 11.0. The lowest BCUT2D eigenvalue weighted by Crippen LogP contribution is -2.21. The van der Waals surface area contributed by atoms with Crippen LogP contribution < -0.4 is 10.6 Å². The van der Waals surface area contributed by atoms with Crippen molar-refractivity contribution in [2.75, 3.05) is 18.4 Å². The van der Waals surface area contributed by atoms with Crippen LogP contribution in [-0.4, -0.2) is 28.5 Å². The van der Waals surface area contributed by atoms with Gasteiger partial charge in [0.05, 0.1) is 20.8 Å². The third-order valence-electron chi connectivity index (χ3n) is 5.23. The molecule has 0 unspecified atom stereocenters. The predicted octanol–water partition coefficient (Wildman–Crippen LogP) is 4.88. The van der Waals surface area contributed by atoms with Crippen molar-refractivity contribution in [1.82, 2.24) is 14.9 Å². The largest absolute Gasteiger partial charge is 0.335 e. The van der Waals surface area contributed by atoms with E-state index in [2.05, 4.69) is 20.2 Å². The molecule has 0 radical (unpaired) electrons. The van der Waals surface area contributed by atoms with Gasteiger partial charge in [-0.15, -0.1) is 0 Å². The molecule has 0 bridgehead atoms. The number of rotatable bonds is 3. The molecule has 29 heavy (non-hydrogen) atoms. The SMILES string of the molecule is O=C(Cn1c2c(c3c(Cl)cc(Cl)cc31)CCNCC2)Nc1nc2ccccc2s1. The zero-order valence-electron chi connectivity index (χ0n) is 15.5. The van der Waals surface area contributed by atoms with Crippen LogP contribution in [0.4, 0.5) is 5.13 Å². The summed E-state index contributed by atoms with van der Waals surface area (Å²) in [7, 11) is 0. The number of benzene rings is 2. The van der Waals surface area contributed by atoms with Gasteiger partial charge in [-0.3, -0.25) is 4.79 Å². The Morgan fingerprint density at radius 2 is 2.03 bits per heavy atom. The summed E-state index contributed by atoms with van der Waals surface area (Å²) in [5.74, 6) is -0.114. The zero-order valence-corrected chi connectivity index (χ0v) is 17.8. The second-order valence-electron chi connectivity index (χ2n) is 7.08. The van der Waals surface area contributed by atoms with Crippen LogP contribution in [0, 0.1) is 0 Å². The van der Waals surface area contributed by atoms with Crippen molar-refractivity contribution < 1.29 is 4.79 Å². The van der Waals surface area contributed by atoms with Gasteiger partial charge < -0.3 is 15.2 Å². The number of hydrogen-bond acceptors (Lipinski definition) is 4. The number of nitrogens with zero attached hydrogens (tertiary/aromatic N) is 2. The van der Waals surface area contributed by atoms with Crippen LogP contribution in [-0.2, 0) is 24.2 Å². The van der Waals surface area contributed by atoms with Crippen molar-refractivity contribution in [2.24, 2.45) is 0 Å². The summed E-state index contributed by atoms with van der Waals surface area (Å²) in [6, 6.07) is 11.5. The quantitative estimate of drug-likeness (QED) is 0.473. The fourth-order valence-electron chi connectivity index (χ4n) is 4.03. The minimum Gasteiger partial charge on any atom is -0.335 e. The van der Waals surface area contributed by atoms with E-state index >= 15 is 0 Å². The molecule has 5 rings (SSSR count). The van der Waals surface area contributed by atoms with E-state index in [1.807, 2.05) is 30.3 Å². The Morgan fingerprint density at radius 1 is 1.21 bits per heavy atom. The number of carbonyl (C=O) groups excluding carboxylic acids is 1. The number of nitrogens with one attached hydrogen (secondary N) is 2. The molecule has 0 saturated heterocycles. The smallest absolute Gasteiger partial charge is 0.246 e. The van der Waals surface area contributed by atoms with Gasteiger partial charge in [0.25, 0.3) is 0 Å². The summed E-state index contributed by atoms with van der Waals surface area (Å²) in [6.45, 7) is 1.95. The van der Waals surface area contributed by atoms with E-state index in [4.69, 9.17) is 23.2 Å².